The summed E-state index contributed by atoms with van der Waals surface area (Å²) in [6.07, 6.45) is 6.88. The number of piperidine rings is 1. The van der Waals surface area contributed by atoms with Gasteiger partial charge in [0.25, 0.3) is 11.5 Å². The first kappa shape index (κ1) is 21.0. The number of halogens is 1. The van der Waals surface area contributed by atoms with Gasteiger partial charge in [0.05, 0.1) is 30.7 Å². The van der Waals surface area contributed by atoms with Crippen LogP contribution in [0.2, 0.25) is 0 Å². The minimum absolute atomic E-state index is 0.0609. The Morgan fingerprint density at radius 3 is 2.55 bits per heavy atom. The lowest BCUT2D eigenvalue weighted by Gasteiger charge is -2.38. The van der Waals surface area contributed by atoms with E-state index >= 15 is 0 Å². The zero-order valence-electron chi connectivity index (χ0n) is 17.9. The van der Waals surface area contributed by atoms with E-state index in [4.69, 9.17) is 0 Å². The van der Waals surface area contributed by atoms with Crippen LogP contribution < -0.4 is 5.56 Å². The first-order chi connectivity index (χ1) is 15.8. The molecule has 1 amide bonds. The molecular formula is C22H22FN7O3. The van der Waals surface area contributed by atoms with Gasteiger partial charge in [0.15, 0.2) is 5.65 Å². The summed E-state index contributed by atoms with van der Waals surface area (Å²) in [6.45, 7) is 0.720. The maximum atomic E-state index is 13.1. The van der Waals surface area contributed by atoms with Crippen LogP contribution >= 0.6 is 0 Å². The minimum atomic E-state index is -1.15. The van der Waals surface area contributed by atoms with E-state index in [-0.39, 0.29) is 18.0 Å². The van der Waals surface area contributed by atoms with Crippen LogP contribution in [0.5, 0.6) is 0 Å². The quantitative estimate of drug-likeness (QED) is 0.498. The number of benzene rings is 1. The number of hydrogen-bond donors (Lipinski definition) is 1. The molecule has 1 aromatic carbocycles. The lowest BCUT2D eigenvalue weighted by Crippen LogP contribution is -2.49. The highest BCUT2D eigenvalue weighted by atomic mass is 19.1. The second kappa shape index (κ2) is 7.93. The summed E-state index contributed by atoms with van der Waals surface area (Å²) < 4.78 is 17.7. The first-order valence-corrected chi connectivity index (χ1v) is 10.5. The number of fused-ring (bicyclic) bond motifs is 1. The number of carbonyl (C=O) groups is 1. The number of likely N-dealkylation sites (tertiary alicyclic amines) is 1. The molecule has 170 valence electrons. The molecule has 0 bridgehead atoms. The van der Waals surface area contributed by atoms with Crippen LogP contribution in [-0.2, 0) is 13.6 Å². The minimum Gasteiger partial charge on any atom is -0.388 e. The standard InChI is InChI=1S/C22H22FN7O3/c1-27-12-17(10-25-27)30-19-18(11-26-30)21(32)29(14-24-19)13-22(33)6-8-28(9-7-22)20(31)15-2-4-16(23)5-3-15/h2-5,10-12,14,33H,6-9,13H2,1H3. The fraction of sp³-hybridized carbons (Fsp3) is 0.318. The Labute approximate surface area is 187 Å². The van der Waals surface area contributed by atoms with Gasteiger partial charge < -0.3 is 10.0 Å². The normalized spacial score (nSPS) is 15.8. The van der Waals surface area contributed by atoms with Gasteiger partial charge >= 0.3 is 0 Å². The Morgan fingerprint density at radius 1 is 1.15 bits per heavy atom. The summed E-state index contributed by atoms with van der Waals surface area (Å²) in [7, 11) is 1.79. The maximum Gasteiger partial charge on any atom is 0.264 e. The molecule has 1 aliphatic heterocycles. The zero-order chi connectivity index (χ0) is 23.2. The number of carbonyl (C=O) groups excluding carboxylic acids is 1. The third-order valence-corrected chi connectivity index (χ3v) is 6.03. The molecule has 0 aliphatic carbocycles. The van der Waals surface area contributed by atoms with E-state index < -0.39 is 11.4 Å². The molecule has 0 saturated carbocycles. The highest BCUT2D eigenvalue weighted by Crippen LogP contribution is 2.25. The van der Waals surface area contributed by atoms with E-state index in [1.54, 1.807) is 33.7 Å². The number of aryl methyl sites for hydroxylation is 1. The van der Waals surface area contributed by atoms with Crippen molar-refractivity contribution in [2.45, 2.75) is 25.0 Å². The fourth-order valence-electron chi connectivity index (χ4n) is 4.14. The molecule has 1 N–H and O–H groups in total. The molecule has 0 radical (unpaired) electrons. The Hall–Kier alpha value is -3.86. The van der Waals surface area contributed by atoms with Gasteiger partial charge in [-0.1, -0.05) is 0 Å². The second-order valence-electron chi connectivity index (χ2n) is 8.37. The van der Waals surface area contributed by atoms with Crippen molar-refractivity contribution < 1.29 is 14.3 Å². The molecule has 11 heteroatoms. The summed E-state index contributed by atoms with van der Waals surface area (Å²) in [5.41, 5.74) is 0.0506. The van der Waals surface area contributed by atoms with E-state index in [9.17, 15) is 19.1 Å². The van der Waals surface area contributed by atoms with E-state index in [0.717, 1.165) is 0 Å². The molecule has 0 unspecified atom stereocenters. The lowest BCUT2D eigenvalue weighted by molar-refractivity contribution is -0.0299. The van der Waals surface area contributed by atoms with Crippen molar-refractivity contribution in [3.63, 3.8) is 0 Å². The number of aromatic nitrogens is 6. The predicted molar refractivity (Wildman–Crippen MR) is 116 cm³/mol. The van der Waals surface area contributed by atoms with E-state index in [0.29, 0.717) is 48.2 Å². The summed E-state index contributed by atoms with van der Waals surface area (Å²) >= 11 is 0. The maximum absolute atomic E-state index is 13.1. The fourth-order valence-corrected chi connectivity index (χ4v) is 4.14. The molecular weight excluding hydrogens is 429 g/mol. The van der Waals surface area contributed by atoms with Crippen LogP contribution in [0.15, 0.2) is 54.0 Å². The van der Waals surface area contributed by atoms with E-state index in [1.807, 2.05) is 0 Å². The topological polar surface area (TPSA) is 111 Å². The third kappa shape index (κ3) is 3.91. The molecule has 4 aromatic rings. The van der Waals surface area contributed by atoms with Crippen molar-refractivity contribution in [1.82, 2.24) is 34.0 Å². The predicted octanol–water partition coefficient (Wildman–Crippen LogP) is 1.12. The number of rotatable bonds is 4. The summed E-state index contributed by atoms with van der Waals surface area (Å²) in [6, 6.07) is 5.40. The molecule has 3 aromatic heterocycles. The van der Waals surface area contributed by atoms with Crippen molar-refractivity contribution >= 4 is 16.9 Å². The van der Waals surface area contributed by atoms with Crippen LogP contribution in [0, 0.1) is 5.82 Å². The second-order valence-corrected chi connectivity index (χ2v) is 8.37. The molecule has 5 rings (SSSR count). The molecule has 1 aliphatic rings. The molecule has 1 saturated heterocycles. The Bertz CT molecular complexity index is 1380. The van der Waals surface area contributed by atoms with Gasteiger partial charge in [-0.15, -0.1) is 0 Å². The highest BCUT2D eigenvalue weighted by molar-refractivity contribution is 5.94. The number of aliphatic hydroxyl groups is 1. The summed E-state index contributed by atoms with van der Waals surface area (Å²) in [5, 5.41) is 19.8. The highest BCUT2D eigenvalue weighted by Gasteiger charge is 2.35. The average molecular weight is 451 g/mol. The van der Waals surface area contributed by atoms with Gasteiger partial charge in [-0.2, -0.15) is 10.2 Å². The number of amides is 1. The summed E-state index contributed by atoms with van der Waals surface area (Å²) in [5.74, 6) is -0.610. The molecule has 1 fully saturated rings. The average Bonchev–Trinajstić information content (AvgIpc) is 3.42. The van der Waals surface area contributed by atoms with Gasteiger partial charge in [-0.3, -0.25) is 18.8 Å². The lowest BCUT2D eigenvalue weighted by atomic mass is 9.91. The van der Waals surface area contributed by atoms with Crippen LogP contribution in [0.25, 0.3) is 16.7 Å². The van der Waals surface area contributed by atoms with Crippen molar-refractivity contribution in [3.05, 3.63) is 70.9 Å². The van der Waals surface area contributed by atoms with Gasteiger partial charge in [0.2, 0.25) is 0 Å². The van der Waals surface area contributed by atoms with Crippen LogP contribution in [0.4, 0.5) is 4.39 Å². The molecule has 0 atom stereocenters. The molecule has 33 heavy (non-hydrogen) atoms. The van der Waals surface area contributed by atoms with Crippen LogP contribution in [0.1, 0.15) is 23.2 Å². The summed E-state index contributed by atoms with van der Waals surface area (Å²) in [4.78, 5) is 31.7. The van der Waals surface area contributed by atoms with E-state index in [2.05, 4.69) is 15.2 Å². The Morgan fingerprint density at radius 2 is 1.88 bits per heavy atom. The number of hydrogen-bond acceptors (Lipinski definition) is 6. The molecule has 10 nitrogen and oxygen atoms in total. The van der Waals surface area contributed by atoms with Gasteiger partial charge in [0.1, 0.15) is 23.2 Å². The largest absolute Gasteiger partial charge is 0.388 e. The van der Waals surface area contributed by atoms with Crippen molar-refractivity contribution in [1.29, 1.82) is 0 Å². The van der Waals surface area contributed by atoms with Crippen molar-refractivity contribution in [3.8, 4) is 5.69 Å². The van der Waals surface area contributed by atoms with Crippen molar-refractivity contribution in [2.24, 2.45) is 7.05 Å². The van der Waals surface area contributed by atoms with Gasteiger partial charge in [-0.05, 0) is 37.1 Å². The van der Waals surface area contributed by atoms with Gasteiger partial charge in [-0.25, -0.2) is 14.1 Å². The molecule has 4 heterocycles. The molecule has 0 spiro atoms. The van der Waals surface area contributed by atoms with Crippen LogP contribution in [0.3, 0.4) is 0 Å². The first-order valence-electron chi connectivity index (χ1n) is 10.5. The monoisotopic (exact) mass is 451 g/mol. The SMILES string of the molecule is Cn1cc(-n2ncc3c(=O)n(CC4(O)CCN(C(=O)c5ccc(F)cc5)CC4)cnc32)cn1. The Balaban J connectivity index is 1.31. The van der Waals surface area contributed by atoms with E-state index in [1.165, 1.54) is 41.4 Å². The van der Waals surface area contributed by atoms with Crippen molar-refractivity contribution in [2.75, 3.05) is 13.1 Å². The van der Waals surface area contributed by atoms with Crippen LogP contribution in [-0.4, -0.2) is 63.7 Å². The zero-order valence-corrected chi connectivity index (χ0v) is 17.9. The van der Waals surface area contributed by atoms with Gasteiger partial charge in [0, 0.05) is 25.7 Å². The number of nitrogens with zero attached hydrogens (tertiary/aromatic N) is 7. The Kier molecular flexibility index (Phi) is 5.05. The third-order valence-electron chi connectivity index (χ3n) is 6.03. The smallest absolute Gasteiger partial charge is 0.264 e.